The summed E-state index contributed by atoms with van der Waals surface area (Å²) in [5.41, 5.74) is 2.37. The second-order valence-electron chi connectivity index (χ2n) is 7.31. The third kappa shape index (κ3) is 5.16. The third-order valence-corrected chi connectivity index (χ3v) is 5.19. The zero-order valence-corrected chi connectivity index (χ0v) is 17.3. The Bertz CT molecular complexity index is 860. The van der Waals surface area contributed by atoms with E-state index in [0.717, 1.165) is 55.7 Å². The van der Waals surface area contributed by atoms with Gasteiger partial charge in [0.2, 0.25) is 0 Å². The number of hydrogen-bond acceptors (Lipinski definition) is 4. The minimum atomic E-state index is -0.233. The SMILES string of the molecule is CCCCNC(=O)c1nc(C(=O)NCCc2cccc(OC)c2)n2c1CCCC2. The van der Waals surface area contributed by atoms with Crippen molar-refractivity contribution in [3.63, 3.8) is 0 Å². The zero-order chi connectivity index (χ0) is 20.6. The molecule has 3 rings (SSSR count). The summed E-state index contributed by atoms with van der Waals surface area (Å²) in [6.45, 7) is 3.93. The molecule has 7 nitrogen and oxygen atoms in total. The molecule has 0 bridgehead atoms. The van der Waals surface area contributed by atoms with Crippen LogP contribution in [0.4, 0.5) is 0 Å². The van der Waals surface area contributed by atoms with E-state index in [4.69, 9.17) is 4.74 Å². The zero-order valence-electron chi connectivity index (χ0n) is 17.3. The number of carbonyl (C=O) groups is 2. The van der Waals surface area contributed by atoms with Crippen molar-refractivity contribution in [3.8, 4) is 5.75 Å². The van der Waals surface area contributed by atoms with Crippen LogP contribution in [0.25, 0.3) is 0 Å². The minimum absolute atomic E-state index is 0.181. The van der Waals surface area contributed by atoms with E-state index in [1.54, 1.807) is 7.11 Å². The molecule has 0 atom stereocenters. The first-order valence-corrected chi connectivity index (χ1v) is 10.4. The number of amides is 2. The van der Waals surface area contributed by atoms with Gasteiger partial charge in [0.25, 0.3) is 11.8 Å². The van der Waals surface area contributed by atoms with Gasteiger partial charge in [0.1, 0.15) is 11.4 Å². The highest BCUT2D eigenvalue weighted by molar-refractivity contribution is 5.97. The van der Waals surface area contributed by atoms with E-state index in [2.05, 4.69) is 22.5 Å². The highest BCUT2D eigenvalue weighted by Crippen LogP contribution is 2.21. The molecule has 1 aliphatic heterocycles. The molecule has 2 amide bonds. The number of benzene rings is 1. The average molecular weight is 399 g/mol. The van der Waals surface area contributed by atoms with Crippen molar-refractivity contribution in [2.45, 2.75) is 52.0 Å². The maximum Gasteiger partial charge on any atom is 0.287 e. The Balaban J connectivity index is 1.67. The van der Waals surface area contributed by atoms with E-state index in [-0.39, 0.29) is 11.8 Å². The van der Waals surface area contributed by atoms with Crippen molar-refractivity contribution in [2.75, 3.05) is 20.2 Å². The normalized spacial score (nSPS) is 12.9. The van der Waals surface area contributed by atoms with Gasteiger partial charge in [0, 0.05) is 19.6 Å². The minimum Gasteiger partial charge on any atom is -0.497 e. The summed E-state index contributed by atoms with van der Waals surface area (Å²) in [7, 11) is 1.64. The van der Waals surface area contributed by atoms with Gasteiger partial charge in [-0.25, -0.2) is 4.98 Å². The first kappa shape index (κ1) is 20.9. The van der Waals surface area contributed by atoms with E-state index >= 15 is 0 Å². The first-order chi connectivity index (χ1) is 14.1. The summed E-state index contributed by atoms with van der Waals surface area (Å²) in [6, 6.07) is 7.80. The number of hydrogen-bond donors (Lipinski definition) is 2. The smallest absolute Gasteiger partial charge is 0.287 e. The summed E-state index contributed by atoms with van der Waals surface area (Å²) >= 11 is 0. The third-order valence-electron chi connectivity index (χ3n) is 5.19. The van der Waals surface area contributed by atoms with E-state index in [0.29, 0.717) is 31.0 Å². The van der Waals surface area contributed by atoms with E-state index in [1.807, 2.05) is 28.8 Å². The summed E-state index contributed by atoms with van der Waals surface area (Å²) in [6.07, 6.45) is 5.42. The van der Waals surface area contributed by atoms with Gasteiger partial charge in [0.15, 0.2) is 5.82 Å². The number of nitrogens with zero attached hydrogens (tertiary/aromatic N) is 2. The Morgan fingerprint density at radius 3 is 2.79 bits per heavy atom. The van der Waals surface area contributed by atoms with Crippen LogP contribution in [0.2, 0.25) is 0 Å². The van der Waals surface area contributed by atoms with Crippen molar-refractivity contribution in [1.82, 2.24) is 20.2 Å². The predicted octanol–water partition coefficient (Wildman–Crippen LogP) is 2.73. The molecule has 29 heavy (non-hydrogen) atoms. The quantitative estimate of drug-likeness (QED) is 0.636. The molecular formula is C22H30N4O3. The van der Waals surface area contributed by atoms with Crippen LogP contribution in [0, 0.1) is 0 Å². The number of nitrogens with one attached hydrogen (secondary N) is 2. The molecule has 1 aliphatic rings. The molecule has 156 valence electrons. The van der Waals surface area contributed by atoms with Crippen molar-refractivity contribution < 1.29 is 14.3 Å². The molecule has 7 heteroatoms. The number of fused-ring (bicyclic) bond motifs is 1. The number of ether oxygens (including phenoxy) is 1. The fourth-order valence-corrected chi connectivity index (χ4v) is 3.59. The monoisotopic (exact) mass is 398 g/mol. The number of methoxy groups -OCH3 is 1. The summed E-state index contributed by atoms with van der Waals surface area (Å²) in [4.78, 5) is 29.8. The van der Waals surface area contributed by atoms with Gasteiger partial charge in [-0.05, 0) is 49.8 Å². The number of rotatable bonds is 9. The molecule has 2 aromatic rings. The van der Waals surface area contributed by atoms with Gasteiger partial charge in [-0.1, -0.05) is 25.5 Å². The largest absolute Gasteiger partial charge is 0.497 e. The van der Waals surface area contributed by atoms with Crippen LogP contribution < -0.4 is 15.4 Å². The van der Waals surface area contributed by atoms with Crippen LogP contribution >= 0.6 is 0 Å². The van der Waals surface area contributed by atoms with E-state index < -0.39 is 0 Å². The van der Waals surface area contributed by atoms with Gasteiger partial charge < -0.3 is 19.9 Å². The summed E-state index contributed by atoms with van der Waals surface area (Å²) in [5, 5.41) is 5.86. The van der Waals surface area contributed by atoms with Crippen molar-refractivity contribution >= 4 is 11.8 Å². The van der Waals surface area contributed by atoms with Crippen LogP contribution in [0.5, 0.6) is 5.75 Å². The first-order valence-electron chi connectivity index (χ1n) is 10.4. The molecule has 0 aliphatic carbocycles. The number of unbranched alkanes of at least 4 members (excludes halogenated alkanes) is 1. The summed E-state index contributed by atoms with van der Waals surface area (Å²) < 4.78 is 7.15. The van der Waals surface area contributed by atoms with Gasteiger partial charge in [-0.15, -0.1) is 0 Å². The fraction of sp³-hybridized carbons (Fsp3) is 0.500. The standard InChI is InChI=1S/C22H30N4O3/c1-3-4-12-23-21(27)19-18-10-5-6-14-26(18)20(25-19)22(28)24-13-11-16-8-7-9-17(15-16)29-2/h7-9,15H,3-6,10-14H2,1-2H3,(H,23,27)(H,24,28). The molecule has 0 spiro atoms. The van der Waals surface area contributed by atoms with Gasteiger partial charge in [-0.2, -0.15) is 0 Å². The average Bonchev–Trinajstić information content (AvgIpc) is 3.14. The molecule has 2 heterocycles. The highest BCUT2D eigenvalue weighted by Gasteiger charge is 2.27. The Hall–Kier alpha value is -2.83. The van der Waals surface area contributed by atoms with Gasteiger partial charge >= 0.3 is 0 Å². The molecule has 0 saturated heterocycles. The second kappa shape index (κ2) is 10.1. The van der Waals surface area contributed by atoms with Crippen LogP contribution in [-0.4, -0.2) is 41.6 Å². The molecule has 0 fully saturated rings. The topological polar surface area (TPSA) is 85.2 Å². The Kier molecular flexibility index (Phi) is 7.27. The predicted molar refractivity (Wildman–Crippen MR) is 111 cm³/mol. The molecule has 0 unspecified atom stereocenters. The molecular weight excluding hydrogens is 368 g/mol. The van der Waals surface area contributed by atoms with Crippen molar-refractivity contribution in [3.05, 3.63) is 47.0 Å². The molecule has 0 radical (unpaired) electrons. The molecule has 1 aromatic heterocycles. The maximum atomic E-state index is 12.8. The van der Waals surface area contributed by atoms with Crippen LogP contribution in [0.3, 0.4) is 0 Å². The van der Waals surface area contributed by atoms with Gasteiger partial charge in [-0.3, -0.25) is 9.59 Å². The fourth-order valence-electron chi connectivity index (χ4n) is 3.59. The Morgan fingerprint density at radius 1 is 1.17 bits per heavy atom. The lowest BCUT2D eigenvalue weighted by Gasteiger charge is -2.17. The number of aromatic nitrogens is 2. The van der Waals surface area contributed by atoms with Crippen LogP contribution in [0.1, 0.15) is 65.0 Å². The van der Waals surface area contributed by atoms with Crippen LogP contribution in [-0.2, 0) is 19.4 Å². The Labute approximate surface area is 171 Å². The van der Waals surface area contributed by atoms with Crippen molar-refractivity contribution in [1.29, 1.82) is 0 Å². The van der Waals surface area contributed by atoms with E-state index in [1.165, 1.54) is 0 Å². The molecule has 0 saturated carbocycles. The summed E-state index contributed by atoms with van der Waals surface area (Å²) in [5.74, 6) is 0.726. The molecule has 1 aromatic carbocycles. The second-order valence-corrected chi connectivity index (χ2v) is 7.31. The van der Waals surface area contributed by atoms with E-state index in [9.17, 15) is 9.59 Å². The number of imidazole rings is 1. The van der Waals surface area contributed by atoms with Crippen molar-refractivity contribution in [2.24, 2.45) is 0 Å². The van der Waals surface area contributed by atoms with Crippen LogP contribution in [0.15, 0.2) is 24.3 Å². The number of carbonyl (C=O) groups excluding carboxylic acids is 2. The maximum absolute atomic E-state index is 12.8. The highest BCUT2D eigenvalue weighted by atomic mass is 16.5. The lowest BCUT2D eigenvalue weighted by atomic mass is 10.1. The Morgan fingerprint density at radius 2 is 2.00 bits per heavy atom. The van der Waals surface area contributed by atoms with Gasteiger partial charge in [0.05, 0.1) is 12.8 Å². The lowest BCUT2D eigenvalue weighted by molar-refractivity contribution is 0.0938. The lowest BCUT2D eigenvalue weighted by Crippen LogP contribution is -2.29. The molecule has 2 N–H and O–H groups in total.